The number of nitrogens with zero attached hydrogens (tertiary/aromatic N) is 1. The van der Waals surface area contributed by atoms with Crippen LogP contribution in [0.5, 0.6) is 11.5 Å². The molecular weight excluding hydrogens is 348 g/mol. The number of rotatable bonds is 7. The van der Waals surface area contributed by atoms with Gasteiger partial charge < -0.3 is 19.2 Å². The van der Waals surface area contributed by atoms with Gasteiger partial charge in [-0.2, -0.15) is 0 Å². The van der Waals surface area contributed by atoms with Crippen molar-refractivity contribution in [1.29, 1.82) is 0 Å². The van der Waals surface area contributed by atoms with Crippen molar-refractivity contribution >= 4 is 5.91 Å². The van der Waals surface area contributed by atoms with Crippen molar-refractivity contribution in [2.24, 2.45) is 0 Å². The molecule has 1 aromatic heterocycles. The van der Waals surface area contributed by atoms with Gasteiger partial charge in [-0.25, -0.2) is 4.79 Å². The molecule has 7 nitrogen and oxygen atoms in total. The molecule has 1 heterocycles. The lowest BCUT2D eigenvalue weighted by Gasteiger charge is -2.06. The molecule has 0 unspecified atom stereocenters. The maximum atomic E-state index is 12.1. The molecule has 1 amide bonds. The Bertz CT molecular complexity index is 955. The number of benzene rings is 2. The second kappa shape index (κ2) is 8.27. The Labute approximate surface area is 156 Å². The van der Waals surface area contributed by atoms with Gasteiger partial charge in [0.25, 0.3) is 0 Å². The van der Waals surface area contributed by atoms with E-state index in [1.54, 1.807) is 38.5 Å². The molecule has 3 rings (SSSR count). The number of hydrogen-bond donors (Lipinski definition) is 1. The molecule has 0 bridgehead atoms. The van der Waals surface area contributed by atoms with Crippen LogP contribution < -0.4 is 20.5 Å². The predicted octanol–water partition coefficient (Wildman–Crippen LogP) is 2.44. The molecule has 0 spiro atoms. The highest BCUT2D eigenvalue weighted by molar-refractivity contribution is 5.75. The Morgan fingerprint density at radius 1 is 1.00 bits per heavy atom. The van der Waals surface area contributed by atoms with E-state index in [2.05, 4.69) is 5.32 Å². The SMILES string of the molecule is COc1ccc(CNC(=O)Cn2cc(-c3ccc(OC)cc3)oc2=O)cc1. The van der Waals surface area contributed by atoms with Crippen LogP contribution in [-0.4, -0.2) is 24.7 Å². The summed E-state index contributed by atoms with van der Waals surface area (Å²) in [5.74, 6) is 0.987. The summed E-state index contributed by atoms with van der Waals surface area (Å²) in [7, 11) is 3.18. The zero-order chi connectivity index (χ0) is 19.2. The van der Waals surface area contributed by atoms with E-state index in [4.69, 9.17) is 13.9 Å². The van der Waals surface area contributed by atoms with E-state index < -0.39 is 5.76 Å². The van der Waals surface area contributed by atoms with Crippen LogP contribution in [0.2, 0.25) is 0 Å². The van der Waals surface area contributed by atoms with Gasteiger partial charge in [0.15, 0.2) is 5.76 Å². The Hall–Kier alpha value is -3.48. The van der Waals surface area contributed by atoms with Crippen LogP contribution in [0, 0.1) is 0 Å². The average Bonchev–Trinajstić information content (AvgIpc) is 3.07. The summed E-state index contributed by atoms with van der Waals surface area (Å²) in [4.78, 5) is 24.1. The smallest absolute Gasteiger partial charge is 0.419 e. The van der Waals surface area contributed by atoms with E-state index in [1.165, 1.54) is 10.8 Å². The fraction of sp³-hybridized carbons (Fsp3) is 0.200. The van der Waals surface area contributed by atoms with Crippen molar-refractivity contribution in [2.75, 3.05) is 14.2 Å². The minimum atomic E-state index is -0.583. The lowest BCUT2D eigenvalue weighted by Crippen LogP contribution is -2.30. The first kappa shape index (κ1) is 18.3. The molecule has 0 saturated heterocycles. The zero-order valence-corrected chi connectivity index (χ0v) is 15.1. The summed E-state index contributed by atoms with van der Waals surface area (Å²) in [6.45, 7) is 0.245. The van der Waals surface area contributed by atoms with E-state index in [0.717, 1.165) is 16.9 Å². The van der Waals surface area contributed by atoms with E-state index in [-0.39, 0.29) is 12.5 Å². The van der Waals surface area contributed by atoms with Crippen molar-refractivity contribution in [1.82, 2.24) is 9.88 Å². The predicted molar refractivity (Wildman–Crippen MR) is 99.8 cm³/mol. The second-order valence-electron chi connectivity index (χ2n) is 5.84. The van der Waals surface area contributed by atoms with Gasteiger partial charge in [-0.05, 0) is 42.0 Å². The van der Waals surface area contributed by atoms with Crippen LogP contribution in [-0.2, 0) is 17.9 Å². The van der Waals surface area contributed by atoms with Gasteiger partial charge in [0, 0.05) is 12.1 Å². The number of aromatic nitrogens is 1. The number of carbonyl (C=O) groups excluding carboxylic acids is 1. The minimum Gasteiger partial charge on any atom is -0.497 e. The summed E-state index contributed by atoms with van der Waals surface area (Å²) >= 11 is 0. The van der Waals surface area contributed by atoms with Gasteiger partial charge in [-0.1, -0.05) is 12.1 Å². The highest BCUT2D eigenvalue weighted by Gasteiger charge is 2.11. The highest BCUT2D eigenvalue weighted by atomic mass is 16.5. The first-order valence-electron chi connectivity index (χ1n) is 8.33. The van der Waals surface area contributed by atoms with Gasteiger partial charge in [-0.15, -0.1) is 0 Å². The summed E-state index contributed by atoms with van der Waals surface area (Å²) in [6, 6.07) is 14.5. The standard InChI is InChI=1S/C20H20N2O5/c1-25-16-7-3-14(4-8-16)11-21-19(23)13-22-12-18(27-20(22)24)15-5-9-17(26-2)10-6-15/h3-10,12H,11,13H2,1-2H3,(H,21,23). The van der Waals surface area contributed by atoms with Crippen molar-refractivity contribution in [3.63, 3.8) is 0 Å². The largest absolute Gasteiger partial charge is 0.497 e. The molecule has 0 atom stereocenters. The molecule has 3 aromatic rings. The maximum Gasteiger partial charge on any atom is 0.419 e. The Morgan fingerprint density at radius 3 is 2.19 bits per heavy atom. The van der Waals surface area contributed by atoms with Crippen molar-refractivity contribution in [3.05, 3.63) is 70.8 Å². The summed E-state index contributed by atoms with van der Waals surface area (Å²) in [6.07, 6.45) is 1.52. The van der Waals surface area contributed by atoms with Gasteiger partial charge in [-0.3, -0.25) is 9.36 Å². The van der Waals surface area contributed by atoms with E-state index >= 15 is 0 Å². The Kier molecular flexibility index (Phi) is 5.61. The topological polar surface area (TPSA) is 82.7 Å². The molecule has 27 heavy (non-hydrogen) atoms. The fourth-order valence-electron chi connectivity index (χ4n) is 2.53. The normalized spacial score (nSPS) is 10.4. The molecule has 7 heteroatoms. The summed E-state index contributed by atoms with van der Waals surface area (Å²) in [5.41, 5.74) is 1.66. The molecule has 0 saturated carbocycles. The fourth-order valence-corrected chi connectivity index (χ4v) is 2.53. The third kappa shape index (κ3) is 4.58. The number of nitrogens with one attached hydrogen (secondary N) is 1. The lowest BCUT2D eigenvalue weighted by molar-refractivity contribution is -0.121. The van der Waals surface area contributed by atoms with E-state index in [0.29, 0.717) is 18.1 Å². The van der Waals surface area contributed by atoms with Crippen LogP contribution in [0.25, 0.3) is 11.3 Å². The van der Waals surface area contributed by atoms with Crippen molar-refractivity contribution in [3.8, 4) is 22.8 Å². The molecule has 140 valence electrons. The molecule has 0 radical (unpaired) electrons. The quantitative estimate of drug-likeness (QED) is 0.693. The molecule has 0 aliphatic carbocycles. The Morgan fingerprint density at radius 2 is 1.59 bits per heavy atom. The second-order valence-corrected chi connectivity index (χ2v) is 5.84. The summed E-state index contributed by atoms with van der Waals surface area (Å²) in [5, 5.41) is 2.78. The van der Waals surface area contributed by atoms with Crippen molar-refractivity contribution in [2.45, 2.75) is 13.1 Å². The van der Waals surface area contributed by atoms with Crippen LogP contribution in [0.15, 0.2) is 63.9 Å². The number of oxazole rings is 1. The van der Waals surface area contributed by atoms with Crippen LogP contribution >= 0.6 is 0 Å². The highest BCUT2D eigenvalue weighted by Crippen LogP contribution is 2.21. The lowest BCUT2D eigenvalue weighted by atomic mass is 10.2. The number of amides is 1. The zero-order valence-electron chi connectivity index (χ0n) is 15.1. The molecule has 2 aromatic carbocycles. The average molecular weight is 368 g/mol. The maximum absolute atomic E-state index is 12.1. The van der Waals surface area contributed by atoms with Gasteiger partial charge in [0.1, 0.15) is 18.0 Å². The minimum absolute atomic E-state index is 0.116. The van der Waals surface area contributed by atoms with Gasteiger partial charge >= 0.3 is 5.76 Å². The van der Waals surface area contributed by atoms with Crippen LogP contribution in [0.4, 0.5) is 0 Å². The van der Waals surface area contributed by atoms with Gasteiger partial charge in [0.2, 0.25) is 5.91 Å². The summed E-state index contributed by atoms with van der Waals surface area (Å²) < 4.78 is 16.7. The third-order valence-corrected chi connectivity index (χ3v) is 4.04. The number of ether oxygens (including phenoxy) is 2. The van der Waals surface area contributed by atoms with Gasteiger partial charge in [0.05, 0.1) is 20.4 Å². The van der Waals surface area contributed by atoms with E-state index in [9.17, 15) is 9.59 Å². The first-order chi connectivity index (χ1) is 13.1. The number of carbonyl (C=O) groups is 1. The Balaban J connectivity index is 1.61. The molecule has 1 N–H and O–H groups in total. The third-order valence-electron chi connectivity index (χ3n) is 4.04. The first-order valence-corrected chi connectivity index (χ1v) is 8.33. The molecule has 0 aliphatic rings. The molecule has 0 fully saturated rings. The molecular formula is C20H20N2O5. The number of hydrogen-bond acceptors (Lipinski definition) is 5. The van der Waals surface area contributed by atoms with Crippen LogP contribution in [0.1, 0.15) is 5.56 Å². The molecule has 0 aliphatic heterocycles. The van der Waals surface area contributed by atoms with Crippen molar-refractivity contribution < 1.29 is 18.7 Å². The van der Waals surface area contributed by atoms with Crippen LogP contribution in [0.3, 0.4) is 0 Å². The van der Waals surface area contributed by atoms with E-state index in [1.807, 2.05) is 24.3 Å². The number of methoxy groups -OCH3 is 2. The monoisotopic (exact) mass is 368 g/mol.